The number of Topliss-reactive ketones (excluding diaryl/α,β-unsaturated/α-hetero) is 1. The first-order valence-corrected chi connectivity index (χ1v) is 5.42. The SMILES string of the molecule is CCC(O)(CC)C(=O)Cc1ccccc1. The third kappa shape index (κ3) is 2.90. The van der Waals surface area contributed by atoms with Gasteiger partial charge in [0.2, 0.25) is 0 Å². The molecule has 0 atom stereocenters. The standard InChI is InChI=1S/C13H18O2/c1-3-13(15,4-2)12(14)10-11-8-6-5-7-9-11/h5-9,15H,3-4,10H2,1-2H3. The van der Waals surface area contributed by atoms with E-state index in [4.69, 9.17) is 0 Å². The minimum absolute atomic E-state index is 0.0845. The van der Waals surface area contributed by atoms with Crippen molar-refractivity contribution >= 4 is 5.78 Å². The summed E-state index contributed by atoms with van der Waals surface area (Å²) in [5.74, 6) is -0.0845. The van der Waals surface area contributed by atoms with Crippen molar-refractivity contribution in [1.29, 1.82) is 0 Å². The van der Waals surface area contributed by atoms with Gasteiger partial charge in [-0.25, -0.2) is 0 Å². The van der Waals surface area contributed by atoms with Crippen LogP contribution in [-0.4, -0.2) is 16.5 Å². The Kier molecular flexibility index (Phi) is 4.04. The molecule has 1 aromatic rings. The van der Waals surface area contributed by atoms with Gasteiger partial charge in [-0.3, -0.25) is 4.79 Å². The normalized spacial score (nSPS) is 11.4. The first kappa shape index (κ1) is 11.9. The summed E-state index contributed by atoms with van der Waals surface area (Å²) in [4.78, 5) is 11.8. The highest BCUT2D eigenvalue weighted by molar-refractivity contribution is 5.88. The van der Waals surface area contributed by atoms with Crippen molar-refractivity contribution < 1.29 is 9.90 Å². The fourth-order valence-corrected chi connectivity index (χ4v) is 1.59. The van der Waals surface area contributed by atoms with Crippen LogP contribution in [0.1, 0.15) is 32.3 Å². The fourth-order valence-electron chi connectivity index (χ4n) is 1.59. The van der Waals surface area contributed by atoms with Crippen LogP contribution >= 0.6 is 0 Å². The number of rotatable bonds is 5. The molecule has 0 saturated heterocycles. The molecule has 0 bridgehead atoms. The molecule has 82 valence electrons. The van der Waals surface area contributed by atoms with E-state index in [1.165, 1.54) is 0 Å². The first-order chi connectivity index (χ1) is 7.12. The van der Waals surface area contributed by atoms with Crippen LogP contribution in [0.15, 0.2) is 30.3 Å². The van der Waals surface area contributed by atoms with Crippen LogP contribution in [0.5, 0.6) is 0 Å². The number of ketones is 1. The molecule has 15 heavy (non-hydrogen) atoms. The zero-order chi connectivity index (χ0) is 11.3. The summed E-state index contributed by atoms with van der Waals surface area (Å²) in [6, 6.07) is 9.53. The summed E-state index contributed by atoms with van der Waals surface area (Å²) < 4.78 is 0. The Bertz CT molecular complexity index is 313. The topological polar surface area (TPSA) is 37.3 Å². The lowest BCUT2D eigenvalue weighted by molar-refractivity contribution is -0.137. The van der Waals surface area contributed by atoms with Crippen molar-refractivity contribution in [2.75, 3.05) is 0 Å². The fraction of sp³-hybridized carbons (Fsp3) is 0.462. The molecular weight excluding hydrogens is 188 g/mol. The van der Waals surface area contributed by atoms with Gasteiger partial charge in [0.15, 0.2) is 5.78 Å². The quantitative estimate of drug-likeness (QED) is 0.803. The van der Waals surface area contributed by atoms with Crippen LogP contribution in [0, 0.1) is 0 Å². The van der Waals surface area contributed by atoms with Crippen molar-refractivity contribution in [1.82, 2.24) is 0 Å². The minimum atomic E-state index is -1.14. The van der Waals surface area contributed by atoms with Crippen LogP contribution in [0.25, 0.3) is 0 Å². The Labute approximate surface area is 90.9 Å². The van der Waals surface area contributed by atoms with Gasteiger partial charge < -0.3 is 5.11 Å². The Morgan fingerprint density at radius 1 is 1.20 bits per heavy atom. The molecule has 2 nitrogen and oxygen atoms in total. The molecule has 0 aromatic heterocycles. The molecule has 0 aliphatic rings. The van der Waals surface area contributed by atoms with Crippen molar-refractivity contribution in [2.45, 2.75) is 38.7 Å². The maximum absolute atomic E-state index is 11.8. The predicted octanol–water partition coefficient (Wildman–Crippen LogP) is 2.35. The van der Waals surface area contributed by atoms with E-state index >= 15 is 0 Å². The van der Waals surface area contributed by atoms with Crippen LogP contribution in [0.4, 0.5) is 0 Å². The molecule has 1 aromatic carbocycles. The molecule has 0 aliphatic carbocycles. The van der Waals surface area contributed by atoms with E-state index in [1.807, 2.05) is 44.2 Å². The van der Waals surface area contributed by atoms with E-state index in [0.29, 0.717) is 19.3 Å². The average molecular weight is 206 g/mol. The summed E-state index contributed by atoms with van der Waals surface area (Å²) in [5, 5.41) is 10.0. The summed E-state index contributed by atoms with van der Waals surface area (Å²) >= 11 is 0. The van der Waals surface area contributed by atoms with Gasteiger partial charge in [0.25, 0.3) is 0 Å². The van der Waals surface area contributed by atoms with Crippen LogP contribution < -0.4 is 0 Å². The molecule has 0 radical (unpaired) electrons. The molecule has 0 amide bonds. The summed E-state index contributed by atoms with van der Waals surface area (Å²) in [7, 11) is 0. The predicted molar refractivity (Wildman–Crippen MR) is 60.7 cm³/mol. The Hall–Kier alpha value is -1.15. The van der Waals surface area contributed by atoms with Crippen molar-refractivity contribution in [3.8, 4) is 0 Å². The molecular formula is C13H18O2. The number of hydrogen-bond acceptors (Lipinski definition) is 2. The third-order valence-corrected chi connectivity index (χ3v) is 2.90. The highest BCUT2D eigenvalue weighted by atomic mass is 16.3. The second-order valence-corrected chi connectivity index (χ2v) is 3.82. The molecule has 0 aliphatic heterocycles. The van der Waals surface area contributed by atoms with Gasteiger partial charge in [-0.2, -0.15) is 0 Å². The van der Waals surface area contributed by atoms with Crippen molar-refractivity contribution in [3.63, 3.8) is 0 Å². The highest BCUT2D eigenvalue weighted by Gasteiger charge is 2.30. The van der Waals surface area contributed by atoms with Gasteiger partial charge >= 0.3 is 0 Å². The van der Waals surface area contributed by atoms with E-state index < -0.39 is 5.60 Å². The molecule has 0 heterocycles. The third-order valence-electron chi connectivity index (χ3n) is 2.90. The molecule has 2 heteroatoms. The van der Waals surface area contributed by atoms with Gasteiger partial charge in [0.1, 0.15) is 5.60 Å². The first-order valence-electron chi connectivity index (χ1n) is 5.42. The van der Waals surface area contributed by atoms with Gasteiger partial charge in [-0.05, 0) is 18.4 Å². The number of carbonyl (C=O) groups is 1. The van der Waals surface area contributed by atoms with Crippen LogP contribution in [-0.2, 0) is 11.2 Å². The van der Waals surface area contributed by atoms with Gasteiger partial charge in [0, 0.05) is 6.42 Å². The number of hydrogen-bond donors (Lipinski definition) is 1. The Morgan fingerprint density at radius 3 is 2.20 bits per heavy atom. The maximum Gasteiger partial charge on any atom is 0.168 e. The number of aliphatic hydroxyl groups is 1. The molecule has 1 N–H and O–H groups in total. The summed E-state index contributed by atoms with van der Waals surface area (Å²) in [6.45, 7) is 3.68. The van der Waals surface area contributed by atoms with Crippen molar-refractivity contribution in [2.24, 2.45) is 0 Å². The monoisotopic (exact) mass is 206 g/mol. The number of benzene rings is 1. The summed E-state index contributed by atoms with van der Waals surface area (Å²) in [5.41, 5.74) is -0.182. The van der Waals surface area contributed by atoms with E-state index in [2.05, 4.69) is 0 Å². The summed E-state index contributed by atoms with van der Waals surface area (Å²) in [6.07, 6.45) is 1.28. The van der Waals surface area contributed by atoms with E-state index in [-0.39, 0.29) is 5.78 Å². The molecule has 0 saturated carbocycles. The van der Waals surface area contributed by atoms with Gasteiger partial charge in [0.05, 0.1) is 0 Å². The second-order valence-electron chi connectivity index (χ2n) is 3.82. The molecule has 0 fully saturated rings. The number of carbonyl (C=O) groups excluding carboxylic acids is 1. The molecule has 0 spiro atoms. The van der Waals surface area contributed by atoms with E-state index in [1.54, 1.807) is 0 Å². The zero-order valence-corrected chi connectivity index (χ0v) is 9.36. The minimum Gasteiger partial charge on any atom is -0.382 e. The van der Waals surface area contributed by atoms with E-state index in [0.717, 1.165) is 5.56 Å². The lowest BCUT2D eigenvalue weighted by Gasteiger charge is -2.23. The van der Waals surface area contributed by atoms with Crippen LogP contribution in [0.3, 0.4) is 0 Å². The van der Waals surface area contributed by atoms with Crippen LogP contribution in [0.2, 0.25) is 0 Å². The van der Waals surface area contributed by atoms with E-state index in [9.17, 15) is 9.90 Å². The largest absolute Gasteiger partial charge is 0.382 e. The average Bonchev–Trinajstić information content (AvgIpc) is 2.29. The zero-order valence-electron chi connectivity index (χ0n) is 9.36. The maximum atomic E-state index is 11.8. The second kappa shape index (κ2) is 5.08. The highest BCUT2D eigenvalue weighted by Crippen LogP contribution is 2.18. The smallest absolute Gasteiger partial charge is 0.168 e. The Balaban J connectivity index is 2.71. The van der Waals surface area contributed by atoms with Gasteiger partial charge in [-0.15, -0.1) is 0 Å². The Morgan fingerprint density at radius 2 is 1.73 bits per heavy atom. The lowest BCUT2D eigenvalue weighted by atomic mass is 9.88. The van der Waals surface area contributed by atoms with Crippen molar-refractivity contribution in [3.05, 3.63) is 35.9 Å². The lowest BCUT2D eigenvalue weighted by Crippen LogP contribution is -2.38. The molecule has 1 rings (SSSR count). The van der Waals surface area contributed by atoms with Gasteiger partial charge in [-0.1, -0.05) is 44.2 Å². The molecule has 0 unspecified atom stereocenters.